The quantitative estimate of drug-likeness (QED) is 0.767. The molecule has 1 rings (SSSR count). The fraction of sp³-hybridized carbons (Fsp3) is 0.538. The molecule has 0 fully saturated rings. The summed E-state index contributed by atoms with van der Waals surface area (Å²) in [6.07, 6.45) is 2.32. The summed E-state index contributed by atoms with van der Waals surface area (Å²) in [5.74, 6) is 2.93. The van der Waals surface area contributed by atoms with E-state index in [9.17, 15) is 0 Å². The number of methoxy groups -OCH3 is 2. The Morgan fingerprint density at radius 2 is 1.88 bits per heavy atom. The Balaban J connectivity index is 2.96. The number of rotatable bonds is 6. The van der Waals surface area contributed by atoms with E-state index in [1.165, 1.54) is 12.0 Å². The Labute approximate surface area is 103 Å². The first-order valence-electron chi connectivity index (χ1n) is 5.59. The Bertz CT molecular complexity index is 326. The Hall–Kier alpha value is -0.830. The minimum Gasteiger partial charge on any atom is -0.493 e. The highest BCUT2D eigenvalue weighted by Gasteiger charge is 2.12. The molecule has 90 valence electrons. The fourth-order valence-electron chi connectivity index (χ4n) is 1.82. The van der Waals surface area contributed by atoms with Gasteiger partial charge in [-0.15, -0.1) is 0 Å². The average molecular weight is 240 g/mol. The number of hydrogen-bond donors (Lipinski definition) is 1. The summed E-state index contributed by atoms with van der Waals surface area (Å²) in [6.45, 7) is 2.19. The van der Waals surface area contributed by atoms with Crippen molar-refractivity contribution in [1.29, 1.82) is 0 Å². The number of hydrogen-bond acceptors (Lipinski definition) is 3. The van der Waals surface area contributed by atoms with Crippen LogP contribution in [-0.4, -0.2) is 20.0 Å². The van der Waals surface area contributed by atoms with Crippen molar-refractivity contribution in [1.82, 2.24) is 0 Å². The molecule has 0 saturated heterocycles. The highest BCUT2D eigenvalue weighted by Crippen LogP contribution is 2.32. The van der Waals surface area contributed by atoms with Gasteiger partial charge in [-0.05, 0) is 35.8 Å². The molecule has 0 spiro atoms. The third-order valence-corrected chi connectivity index (χ3v) is 3.18. The molecule has 1 aromatic carbocycles. The molecule has 0 aliphatic carbocycles. The van der Waals surface area contributed by atoms with E-state index >= 15 is 0 Å². The van der Waals surface area contributed by atoms with Crippen molar-refractivity contribution in [2.45, 2.75) is 25.7 Å². The van der Waals surface area contributed by atoms with Crippen LogP contribution in [0.2, 0.25) is 0 Å². The normalized spacial score (nSPS) is 12.2. The molecule has 0 saturated carbocycles. The molecule has 2 nitrogen and oxygen atoms in total. The van der Waals surface area contributed by atoms with Gasteiger partial charge in [0.05, 0.1) is 14.2 Å². The second kappa shape index (κ2) is 6.69. The molecule has 0 N–H and O–H groups in total. The van der Waals surface area contributed by atoms with E-state index in [4.69, 9.17) is 9.47 Å². The van der Waals surface area contributed by atoms with Crippen molar-refractivity contribution >= 4 is 12.6 Å². The third-order valence-electron chi connectivity index (χ3n) is 2.74. The van der Waals surface area contributed by atoms with E-state index in [0.717, 1.165) is 23.7 Å². The molecule has 1 aromatic rings. The lowest BCUT2D eigenvalue weighted by Crippen LogP contribution is -2.01. The highest BCUT2D eigenvalue weighted by atomic mass is 32.1. The molecule has 0 amide bonds. The monoisotopic (exact) mass is 240 g/mol. The van der Waals surface area contributed by atoms with Gasteiger partial charge in [0, 0.05) is 0 Å². The minimum absolute atomic E-state index is 0.494. The molecule has 0 aromatic heterocycles. The fourth-order valence-corrected chi connectivity index (χ4v) is 2.21. The maximum atomic E-state index is 5.30. The summed E-state index contributed by atoms with van der Waals surface area (Å²) < 4.78 is 10.5. The van der Waals surface area contributed by atoms with Crippen molar-refractivity contribution in [3.63, 3.8) is 0 Å². The largest absolute Gasteiger partial charge is 0.493 e. The molecular weight excluding hydrogens is 220 g/mol. The van der Waals surface area contributed by atoms with Gasteiger partial charge < -0.3 is 9.47 Å². The summed E-state index contributed by atoms with van der Waals surface area (Å²) in [7, 11) is 3.32. The van der Waals surface area contributed by atoms with Crippen LogP contribution in [0, 0.1) is 0 Å². The predicted octanol–water partition coefficient (Wildman–Crippen LogP) is 3.52. The zero-order valence-corrected chi connectivity index (χ0v) is 11.1. The Morgan fingerprint density at radius 1 is 1.19 bits per heavy atom. The van der Waals surface area contributed by atoms with Crippen molar-refractivity contribution in [3.05, 3.63) is 23.8 Å². The third kappa shape index (κ3) is 3.08. The van der Waals surface area contributed by atoms with Gasteiger partial charge in [0.15, 0.2) is 11.5 Å². The molecular formula is C13H20O2S. The summed E-state index contributed by atoms with van der Waals surface area (Å²) >= 11 is 4.40. The molecule has 0 heterocycles. The van der Waals surface area contributed by atoms with Crippen molar-refractivity contribution in [3.8, 4) is 11.5 Å². The van der Waals surface area contributed by atoms with Crippen LogP contribution in [0.3, 0.4) is 0 Å². The van der Waals surface area contributed by atoms with Gasteiger partial charge >= 0.3 is 0 Å². The summed E-state index contributed by atoms with van der Waals surface area (Å²) in [5.41, 5.74) is 1.27. The molecule has 16 heavy (non-hydrogen) atoms. The molecule has 0 bridgehead atoms. The standard InChI is InChI=1S/C13H20O2S/c1-4-5-11(9-16)10-6-7-12(14-2)13(8-10)15-3/h6-8,11,16H,4-5,9H2,1-3H3. The Morgan fingerprint density at radius 3 is 2.38 bits per heavy atom. The second-order valence-corrected chi connectivity index (χ2v) is 4.15. The van der Waals surface area contributed by atoms with E-state index in [0.29, 0.717) is 5.92 Å². The van der Waals surface area contributed by atoms with Gasteiger partial charge in [0.25, 0.3) is 0 Å². The lowest BCUT2D eigenvalue weighted by atomic mass is 9.96. The maximum absolute atomic E-state index is 5.30. The highest BCUT2D eigenvalue weighted by molar-refractivity contribution is 7.80. The number of benzene rings is 1. The molecule has 1 unspecified atom stereocenters. The van der Waals surface area contributed by atoms with Crippen LogP contribution < -0.4 is 9.47 Å². The van der Waals surface area contributed by atoms with Gasteiger partial charge in [-0.25, -0.2) is 0 Å². The lowest BCUT2D eigenvalue weighted by Gasteiger charge is -2.16. The average Bonchev–Trinajstić information content (AvgIpc) is 2.35. The van der Waals surface area contributed by atoms with Crippen LogP contribution in [0.4, 0.5) is 0 Å². The molecule has 3 heteroatoms. The van der Waals surface area contributed by atoms with Crippen molar-refractivity contribution in [2.24, 2.45) is 0 Å². The SMILES string of the molecule is CCCC(CS)c1ccc(OC)c(OC)c1. The van der Waals surface area contributed by atoms with E-state index in [1.807, 2.05) is 6.07 Å². The first kappa shape index (κ1) is 13.2. The number of thiol groups is 1. The predicted molar refractivity (Wildman–Crippen MR) is 71.0 cm³/mol. The topological polar surface area (TPSA) is 18.5 Å². The maximum Gasteiger partial charge on any atom is 0.160 e. The zero-order valence-electron chi connectivity index (χ0n) is 10.2. The van der Waals surface area contributed by atoms with Gasteiger partial charge in [-0.3, -0.25) is 0 Å². The van der Waals surface area contributed by atoms with E-state index < -0.39 is 0 Å². The smallest absolute Gasteiger partial charge is 0.160 e. The summed E-state index contributed by atoms with van der Waals surface area (Å²) in [5, 5.41) is 0. The van der Waals surface area contributed by atoms with Crippen LogP contribution in [0.25, 0.3) is 0 Å². The van der Waals surface area contributed by atoms with Crippen LogP contribution in [0.1, 0.15) is 31.2 Å². The van der Waals surface area contributed by atoms with Crippen LogP contribution in [0.5, 0.6) is 11.5 Å². The summed E-state index contributed by atoms with van der Waals surface area (Å²) in [4.78, 5) is 0. The van der Waals surface area contributed by atoms with E-state index in [-0.39, 0.29) is 0 Å². The molecule has 0 aliphatic heterocycles. The summed E-state index contributed by atoms with van der Waals surface area (Å²) in [6, 6.07) is 6.10. The molecule has 0 aliphatic rings. The minimum atomic E-state index is 0.494. The van der Waals surface area contributed by atoms with Gasteiger partial charge in [0.1, 0.15) is 0 Å². The Kier molecular flexibility index (Phi) is 5.53. The zero-order chi connectivity index (χ0) is 12.0. The van der Waals surface area contributed by atoms with Gasteiger partial charge in [-0.1, -0.05) is 19.4 Å². The van der Waals surface area contributed by atoms with Gasteiger partial charge in [-0.2, -0.15) is 12.6 Å². The first-order chi connectivity index (χ1) is 7.76. The van der Waals surface area contributed by atoms with Crippen LogP contribution >= 0.6 is 12.6 Å². The van der Waals surface area contributed by atoms with Crippen molar-refractivity contribution in [2.75, 3.05) is 20.0 Å². The van der Waals surface area contributed by atoms with E-state index in [2.05, 4.69) is 31.7 Å². The van der Waals surface area contributed by atoms with Crippen LogP contribution in [-0.2, 0) is 0 Å². The lowest BCUT2D eigenvalue weighted by molar-refractivity contribution is 0.354. The van der Waals surface area contributed by atoms with Crippen LogP contribution in [0.15, 0.2) is 18.2 Å². The van der Waals surface area contributed by atoms with E-state index in [1.54, 1.807) is 14.2 Å². The number of ether oxygens (including phenoxy) is 2. The molecule has 1 atom stereocenters. The van der Waals surface area contributed by atoms with Crippen molar-refractivity contribution < 1.29 is 9.47 Å². The first-order valence-corrected chi connectivity index (χ1v) is 6.22. The second-order valence-electron chi connectivity index (χ2n) is 3.78. The molecule has 0 radical (unpaired) electrons. The van der Waals surface area contributed by atoms with Gasteiger partial charge in [0.2, 0.25) is 0 Å².